The molecule has 0 saturated carbocycles. The molecule has 2 rings (SSSR count). The number of hydrogen-bond acceptors (Lipinski definition) is 4. The molecule has 0 aliphatic rings. The average Bonchev–Trinajstić information content (AvgIpc) is 2.60. The Hall–Kier alpha value is -3.02. The predicted octanol–water partition coefficient (Wildman–Crippen LogP) is 2.38. The molecule has 2 aromatic carbocycles. The lowest BCUT2D eigenvalue weighted by molar-refractivity contribution is -0.118. The first-order chi connectivity index (χ1) is 11.5. The summed E-state index contributed by atoms with van der Waals surface area (Å²) in [7, 11) is 3.08. The van der Waals surface area contributed by atoms with Gasteiger partial charge in [0.25, 0.3) is 11.8 Å². The van der Waals surface area contributed by atoms with Gasteiger partial charge in [0.05, 0.1) is 18.4 Å². The molecule has 24 heavy (non-hydrogen) atoms. The van der Waals surface area contributed by atoms with Gasteiger partial charge in [-0.05, 0) is 36.8 Å². The van der Waals surface area contributed by atoms with Gasteiger partial charge in [-0.1, -0.05) is 18.2 Å². The molecule has 6 heteroatoms. The van der Waals surface area contributed by atoms with E-state index in [0.717, 1.165) is 5.56 Å². The van der Waals surface area contributed by atoms with Crippen molar-refractivity contribution in [1.29, 1.82) is 0 Å². The van der Waals surface area contributed by atoms with Crippen molar-refractivity contribution in [3.05, 3.63) is 53.6 Å². The number of ether oxygens (including phenoxy) is 2. The zero-order valence-corrected chi connectivity index (χ0v) is 13.9. The van der Waals surface area contributed by atoms with E-state index in [9.17, 15) is 9.59 Å². The Balaban J connectivity index is 2.03. The summed E-state index contributed by atoms with van der Waals surface area (Å²) >= 11 is 0. The van der Waals surface area contributed by atoms with E-state index in [-0.39, 0.29) is 18.4 Å². The Morgan fingerprint density at radius 2 is 1.83 bits per heavy atom. The summed E-state index contributed by atoms with van der Waals surface area (Å²) in [4.78, 5) is 23.9. The molecule has 126 valence electrons. The van der Waals surface area contributed by atoms with Crippen molar-refractivity contribution in [3.63, 3.8) is 0 Å². The molecule has 0 unspecified atom stereocenters. The Labute approximate surface area is 140 Å². The van der Waals surface area contributed by atoms with Gasteiger partial charge >= 0.3 is 0 Å². The number of amides is 2. The highest BCUT2D eigenvalue weighted by atomic mass is 16.5. The van der Waals surface area contributed by atoms with E-state index in [4.69, 9.17) is 9.47 Å². The number of carbonyl (C=O) groups is 2. The molecule has 0 aliphatic heterocycles. The molecule has 0 saturated heterocycles. The first kappa shape index (κ1) is 17.3. The van der Waals surface area contributed by atoms with Crippen LogP contribution in [-0.4, -0.2) is 32.6 Å². The third kappa shape index (κ3) is 4.25. The van der Waals surface area contributed by atoms with Gasteiger partial charge in [0, 0.05) is 7.05 Å². The lowest BCUT2D eigenvalue weighted by Gasteiger charge is -2.13. The van der Waals surface area contributed by atoms with E-state index in [1.54, 1.807) is 37.4 Å². The number of anilines is 1. The normalized spacial score (nSPS) is 9.96. The van der Waals surface area contributed by atoms with Gasteiger partial charge in [-0.2, -0.15) is 0 Å². The van der Waals surface area contributed by atoms with Crippen LogP contribution in [0.3, 0.4) is 0 Å². The maximum Gasteiger partial charge on any atom is 0.262 e. The summed E-state index contributed by atoms with van der Waals surface area (Å²) < 4.78 is 10.7. The molecule has 0 atom stereocenters. The van der Waals surface area contributed by atoms with E-state index < -0.39 is 0 Å². The van der Waals surface area contributed by atoms with Crippen molar-refractivity contribution >= 4 is 17.5 Å². The molecule has 0 radical (unpaired) electrons. The van der Waals surface area contributed by atoms with Crippen LogP contribution in [0.5, 0.6) is 11.5 Å². The predicted molar refractivity (Wildman–Crippen MR) is 91.7 cm³/mol. The highest BCUT2D eigenvalue weighted by Gasteiger charge is 2.13. The summed E-state index contributed by atoms with van der Waals surface area (Å²) in [5.41, 5.74) is 1.85. The number of rotatable bonds is 6. The van der Waals surface area contributed by atoms with Crippen LogP contribution in [-0.2, 0) is 4.79 Å². The minimum atomic E-state index is -0.367. The summed E-state index contributed by atoms with van der Waals surface area (Å²) in [5, 5.41) is 5.21. The Morgan fingerprint density at radius 3 is 2.54 bits per heavy atom. The van der Waals surface area contributed by atoms with Gasteiger partial charge < -0.3 is 20.1 Å². The fourth-order valence-corrected chi connectivity index (χ4v) is 2.15. The molecule has 0 heterocycles. The maximum absolute atomic E-state index is 12.1. The van der Waals surface area contributed by atoms with Gasteiger partial charge in [0.15, 0.2) is 18.1 Å². The number of methoxy groups -OCH3 is 1. The fourth-order valence-electron chi connectivity index (χ4n) is 2.15. The minimum Gasteiger partial charge on any atom is -0.493 e. The quantitative estimate of drug-likeness (QED) is 0.853. The van der Waals surface area contributed by atoms with Crippen molar-refractivity contribution in [3.8, 4) is 11.5 Å². The Kier molecular flexibility index (Phi) is 5.78. The number of hydrogen-bond donors (Lipinski definition) is 2. The van der Waals surface area contributed by atoms with E-state index in [1.165, 1.54) is 7.05 Å². The summed E-state index contributed by atoms with van der Waals surface area (Å²) in [5.74, 6) is 0.410. The van der Waals surface area contributed by atoms with Crippen LogP contribution in [0.2, 0.25) is 0 Å². The van der Waals surface area contributed by atoms with E-state index in [2.05, 4.69) is 10.6 Å². The average molecular weight is 328 g/mol. The Morgan fingerprint density at radius 1 is 1.08 bits per heavy atom. The van der Waals surface area contributed by atoms with Crippen molar-refractivity contribution in [2.45, 2.75) is 6.92 Å². The molecular weight excluding hydrogens is 308 g/mol. The summed E-state index contributed by atoms with van der Waals surface area (Å²) in [6, 6.07) is 12.2. The topological polar surface area (TPSA) is 76.7 Å². The van der Waals surface area contributed by atoms with Crippen LogP contribution in [0.15, 0.2) is 42.5 Å². The Bertz CT molecular complexity index is 744. The monoisotopic (exact) mass is 328 g/mol. The third-order valence-electron chi connectivity index (χ3n) is 3.35. The van der Waals surface area contributed by atoms with Crippen molar-refractivity contribution in [2.75, 3.05) is 26.1 Å². The van der Waals surface area contributed by atoms with Crippen LogP contribution in [0.4, 0.5) is 5.69 Å². The number of aryl methyl sites for hydroxylation is 1. The maximum atomic E-state index is 12.1. The van der Waals surface area contributed by atoms with Gasteiger partial charge in [-0.25, -0.2) is 0 Å². The zero-order valence-electron chi connectivity index (χ0n) is 13.9. The molecule has 0 spiro atoms. The standard InChI is InChI=1S/C18H20N2O4/c1-12-8-9-15(16(10-12)23-3)24-11-17(21)20-14-7-5-4-6-13(14)18(22)19-2/h4-10H,11H2,1-3H3,(H,19,22)(H,20,21). The smallest absolute Gasteiger partial charge is 0.262 e. The third-order valence-corrected chi connectivity index (χ3v) is 3.35. The van der Waals surface area contributed by atoms with E-state index in [1.807, 2.05) is 19.1 Å². The second-order valence-corrected chi connectivity index (χ2v) is 5.12. The molecule has 0 aromatic heterocycles. The van der Waals surface area contributed by atoms with Gasteiger partial charge in [-0.3, -0.25) is 9.59 Å². The van der Waals surface area contributed by atoms with Gasteiger partial charge in [-0.15, -0.1) is 0 Å². The molecule has 0 bridgehead atoms. The zero-order chi connectivity index (χ0) is 17.5. The summed E-state index contributed by atoms with van der Waals surface area (Å²) in [6.45, 7) is 1.75. The van der Waals surface area contributed by atoms with E-state index in [0.29, 0.717) is 22.7 Å². The van der Waals surface area contributed by atoms with Gasteiger partial charge in [0.2, 0.25) is 0 Å². The second-order valence-electron chi connectivity index (χ2n) is 5.12. The lowest BCUT2D eigenvalue weighted by Crippen LogP contribution is -2.24. The van der Waals surface area contributed by atoms with Crippen LogP contribution < -0.4 is 20.1 Å². The van der Waals surface area contributed by atoms with Crippen molar-refractivity contribution in [2.24, 2.45) is 0 Å². The van der Waals surface area contributed by atoms with Crippen LogP contribution in [0, 0.1) is 6.92 Å². The van der Waals surface area contributed by atoms with Crippen molar-refractivity contribution in [1.82, 2.24) is 5.32 Å². The molecular formula is C18H20N2O4. The second kappa shape index (κ2) is 8.01. The number of carbonyl (C=O) groups excluding carboxylic acids is 2. The molecule has 0 fully saturated rings. The summed E-state index contributed by atoms with van der Waals surface area (Å²) in [6.07, 6.45) is 0. The van der Waals surface area contributed by atoms with Crippen LogP contribution in [0.1, 0.15) is 15.9 Å². The largest absolute Gasteiger partial charge is 0.493 e. The number of nitrogens with one attached hydrogen (secondary N) is 2. The number of benzene rings is 2. The first-order valence-electron chi connectivity index (χ1n) is 7.43. The molecule has 6 nitrogen and oxygen atoms in total. The van der Waals surface area contributed by atoms with E-state index >= 15 is 0 Å². The van der Waals surface area contributed by atoms with Gasteiger partial charge in [0.1, 0.15) is 0 Å². The lowest BCUT2D eigenvalue weighted by atomic mass is 10.1. The van der Waals surface area contributed by atoms with Crippen molar-refractivity contribution < 1.29 is 19.1 Å². The fraction of sp³-hybridized carbons (Fsp3) is 0.222. The molecule has 0 aliphatic carbocycles. The van der Waals surface area contributed by atoms with Crippen LogP contribution in [0.25, 0.3) is 0 Å². The highest BCUT2D eigenvalue weighted by molar-refractivity contribution is 6.03. The van der Waals surface area contributed by atoms with Crippen LogP contribution >= 0.6 is 0 Å². The minimum absolute atomic E-state index is 0.193. The molecule has 2 amide bonds. The molecule has 2 N–H and O–H groups in total. The SMILES string of the molecule is CNC(=O)c1ccccc1NC(=O)COc1ccc(C)cc1OC. The molecule has 2 aromatic rings. The first-order valence-corrected chi connectivity index (χ1v) is 7.43. The number of para-hydroxylation sites is 1. The highest BCUT2D eigenvalue weighted by Crippen LogP contribution is 2.27.